The Hall–Kier alpha value is -1.43. The first-order chi connectivity index (χ1) is 11.2. The summed E-state index contributed by atoms with van der Waals surface area (Å²) in [6.07, 6.45) is 2.34. The standard InChI is InChI=1S/C18H26N2O3/c21-18(22)16-4-1-3-15(13-16)17-5-2-6-20(14-17)8-7-19-9-11-23-12-10-19/h1,3-4,13,17H,2,5-12,14H2,(H,21,22)/t17-/m1/s1. The average molecular weight is 318 g/mol. The van der Waals surface area contributed by atoms with E-state index in [-0.39, 0.29) is 0 Å². The van der Waals surface area contributed by atoms with Gasteiger partial charge in [-0.1, -0.05) is 12.1 Å². The molecule has 0 unspecified atom stereocenters. The highest BCUT2D eigenvalue weighted by atomic mass is 16.5. The van der Waals surface area contributed by atoms with Crippen LogP contribution in [0, 0.1) is 0 Å². The smallest absolute Gasteiger partial charge is 0.335 e. The SMILES string of the molecule is O=C(O)c1cccc([C@@H]2CCCN(CCN3CCOCC3)C2)c1. The topological polar surface area (TPSA) is 53.0 Å². The Kier molecular flexibility index (Phi) is 5.65. The Morgan fingerprint density at radius 2 is 1.96 bits per heavy atom. The fourth-order valence-corrected chi connectivity index (χ4v) is 3.56. The molecule has 0 aliphatic carbocycles. The molecular formula is C18H26N2O3. The van der Waals surface area contributed by atoms with Gasteiger partial charge in [-0.2, -0.15) is 0 Å². The van der Waals surface area contributed by atoms with E-state index >= 15 is 0 Å². The van der Waals surface area contributed by atoms with Crippen LogP contribution in [-0.4, -0.2) is 73.4 Å². The van der Waals surface area contributed by atoms with Gasteiger partial charge in [0.2, 0.25) is 0 Å². The number of rotatable bonds is 5. The number of carboxylic acid groups (broad SMARTS) is 1. The van der Waals surface area contributed by atoms with Gasteiger partial charge in [-0.3, -0.25) is 4.90 Å². The number of ether oxygens (including phenoxy) is 1. The van der Waals surface area contributed by atoms with Crippen molar-refractivity contribution in [3.8, 4) is 0 Å². The summed E-state index contributed by atoms with van der Waals surface area (Å²) in [5.74, 6) is -0.389. The van der Waals surface area contributed by atoms with Gasteiger partial charge in [-0.25, -0.2) is 4.79 Å². The van der Waals surface area contributed by atoms with Crippen LogP contribution in [0.4, 0.5) is 0 Å². The molecule has 3 rings (SSSR count). The number of hydrogen-bond donors (Lipinski definition) is 1. The van der Waals surface area contributed by atoms with Crippen molar-refractivity contribution in [1.82, 2.24) is 9.80 Å². The van der Waals surface area contributed by atoms with E-state index in [2.05, 4.69) is 15.9 Å². The molecule has 1 atom stereocenters. The highest BCUT2D eigenvalue weighted by Gasteiger charge is 2.22. The van der Waals surface area contributed by atoms with Gasteiger partial charge in [0.15, 0.2) is 0 Å². The molecule has 5 heteroatoms. The molecule has 1 aromatic rings. The third kappa shape index (κ3) is 4.53. The number of carbonyl (C=O) groups is 1. The number of carboxylic acids is 1. The number of nitrogens with zero attached hydrogens (tertiary/aromatic N) is 2. The molecule has 2 heterocycles. The van der Waals surface area contributed by atoms with Crippen LogP contribution in [0.2, 0.25) is 0 Å². The Balaban J connectivity index is 1.55. The molecule has 0 amide bonds. The van der Waals surface area contributed by atoms with Crippen LogP contribution in [0.1, 0.15) is 34.7 Å². The molecule has 0 spiro atoms. The number of hydrogen-bond acceptors (Lipinski definition) is 4. The van der Waals surface area contributed by atoms with E-state index in [0.717, 1.165) is 58.9 Å². The molecule has 2 aliphatic rings. The van der Waals surface area contributed by atoms with E-state index < -0.39 is 5.97 Å². The largest absolute Gasteiger partial charge is 0.478 e. The van der Waals surface area contributed by atoms with Crippen LogP contribution < -0.4 is 0 Å². The van der Waals surface area contributed by atoms with E-state index in [1.807, 2.05) is 12.1 Å². The fraction of sp³-hybridized carbons (Fsp3) is 0.611. The molecule has 0 bridgehead atoms. The molecule has 0 aromatic heterocycles. The Morgan fingerprint density at radius 3 is 2.74 bits per heavy atom. The maximum absolute atomic E-state index is 11.2. The maximum atomic E-state index is 11.2. The van der Waals surface area contributed by atoms with Crippen molar-refractivity contribution in [2.45, 2.75) is 18.8 Å². The number of benzene rings is 1. The van der Waals surface area contributed by atoms with Crippen molar-refractivity contribution in [3.05, 3.63) is 35.4 Å². The second-order valence-electron chi connectivity index (χ2n) is 6.52. The molecule has 1 N–H and O–H groups in total. The molecule has 2 saturated heterocycles. The normalized spacial score (nSPS) is 23.7. The number of aromatic carboxylic acids is 1. The molecule has 0 saturated carbocycles. The van der Waals surface area contributed by atoms with Gasteiger partial charge < -0.3 is 14.7 Å². The Morgan fingerprint density at radius 1 is 1.17 bits per heavy atom. The van der Waals surface area contributed by atoms with Crippen molar-refractivity contribution in [2.24, 2.45) is 0 Å². The van der Waals surface area contributed by atoms with Crippen LogP contribution in [-0.2, 0) is 4.74 Å². The van der Waals surface area contributed by atoms with E-state index in [9.17, 15) is 4.79 Å². The van der Waals surface area contributed by atoms with Crippen molar-refractivity contribution < 1.29 is 14.6 Å². The number of piperidine rings is 1. The molecule has 1 aromatic carbocycles. The monoisotopic (exact) mass is 318 g/mol. The summed E-state index contributed by atoms with van der Waals surface area (Å²) in [6.45, 7) is 8.16. The molecule has 5 nitrogen and oxygen atoms in total. The third-order valence-corrected chi connectivity index (χ3v) is 4.95. The van der Waals surface area contributed by atoms with Crippen molar-refractivity contribution in [1.29, 1.82) is 0 Å². The van der Waals surface area contributed by atoms with Crippen molar-refractivity contribution in [2.75, 3.05) is 52.5 Å². The quantitative estimate of drug-likeness (QED) is 0.898. The van der Waals surface area contributed by atoms with Gasteiger partial charge in [-0.15, -0.1) is 0 Å². The fourth-order valence-electron chi connectivity index (χ4n) is 3.56. The lowest BCUT2D eigenvalue weighted by Gasteiger charge is -2.35. The van der Waals surface area contributed by atoms with Crippen LogP contribution in [0.25, 0.3) is 0 Å². The number of morpholine rings is 1. The summed E-state index contributed by atoms with van der Waals surface area (Å²) < 4.78 is 5.39. The summed E-state index contributed by atoms with van der Waals surface area (Å²) in [7, 11) is 0. The summed E-state index contributed by atoms with van der Waals surface area (Å²) in [5.41, 5.74) is 1.56. The minimum Gasteiger partial charge on any atom is -0.478 e. The second kappa shape index (κ2) is 7.90. The van der Waals surface area contributed by atoms with Gasteiger partial charge in [0.05, 0.1) is 18.8 Å². The highest BCUT2D eigenvalue weighted by molar-refractivity contribution is 5.87. The van der Waals surface area contributed by atoms with E-state index in [0.29, 0.717) is 11.5 Å². The summed E-state index contributed by atoms with van der Waals surface area (Å²) in [6, 6.07) is 7.46. The van der Waals surface area contributed by atoms with Crippen LogP contribution in [0.3, 0.4) is 0 Å². The minimum atomic E-state index is -0.841. The van der Waals surface area contributed by atoms with Gasteiger partial charge in [0.25, 0.3) is 0 Å². The predicted molar refractivity (Wildman–Crippen MR) is 89.1 cm³/mol. The summed E-state index contributed by atoms with van der Waals surface area (Å²) in [5, 5.41) is 9.16. The zero-order valence-electron chi connectivity index (χ0n) is 13.6. The van der Waals surface area contributed by atoms with Crippen molar-refractivity contribution in [3.63, 3.8) is 0 Å². The zero-order chi connectivity index (χ0) is 16.1. The molecular weight excluding hydrogens is 292 g/mol. The molecule has 0 radical (unpaired) electrons. The predicted octanol–water partition coefficient (Wildman–Crippen LogP) is 1.90. The highest BCUT2D eigenvalue weighted by Crippen LogP contribution is 2.27. The third-order valence-electron chi connectivity index (χ3n) is 4.95. The lowest BCUT2D eigenvalue weighted by molar-refractivity contribution is 0.0319. The second-order valence-corrected chi connectivity index (χ2v) is 6.52. The van der Waals surface area contributed by atoms with Gasteiger partial charge in [0.1, 0.15) is 0 Å². The first-order valence-electron chi connectivity index (χ1n) is 8.58. The Labute approximate surface area is 137 Å². The lowest BCUT2D eigenvalue weighted by Crippen LogP contribution is -2.43. The van der Waals surface area contributed by atoms with E-state index in [4.69, 9.17) is 9.84 Å². The summed E-state index contributed by atoms with van der Waals surface area (Å²) >= 11 is 0. The van der Waals surface area contributed by atoms with E-state index in [1.54, 1.807) is 6.07 Å². The first-order valence-corrected chi connectivity index (χ1v) is 8.58. The average Bonchev–Trinajstić information content (AvgIpc) is 2.61. The van der Waals surface area contributed by atoms with Gasteiger partial charge in [0, 0.05) is 32.7 Å². The van der Waals surface area contributed by atoms with Crippen molar-refractivity contribution >= 4 is 5.97 Å². The molecule has 126 valence electrons. The van der Waals surface area contributed by atoms with Gasteiger partial charge >= 0.3 is 5.97 Å². The summed E-state index contributed by atoms with van der Waals surface area (Å²) in [4.78, 5) is 16.1. The van der Waals surface area contributed by atoms with E-state index in [1.165, 1.54) is 12.0 Å². The van der Waals surface area contributed by atoms with Crippen LogP contribution in [0.15, 0.2) is 24.3 Å². The van der Waals surface area contributed by atoms with Crippen LogP contribution in [0.5, 0.6) is 0 Å². The first kappa shape index (κ1) is 16.4. The minimum absolute atomic E-state index is 0.396. The molecule has 2 aliphatic heterocycles. The van der Waals surface area contributed by atoms with Crippen LogP contribution >= 0.6 is 0 Å². The Bertz CT molecular complexity index is 529. The van der Waals surface area contributed by atoms with Gasteiger partial charge in [-0.05, 0) is 43.0 Å². The zero-order valence-corrected chi connectivity index (χ0v) is 13.6. The molecule has 2 fully saturated rings. The molecule has 23 heavy (non-hydrogen) atoms. The lowest BCUT2D eigenvalue weighted by atomic mass is 9.89. The number of likely N-dealkylation sites (tertiary alicyclic amines) is 1. The maximum Gasteiger partial charge on any atom is 0.335 e.